The fraction of sp³-hybridized carbons (Fsp3) is 1.00. The normalized spacial score (nSPS) is 68.3. The first-order chi connectivity index (χ1) is 4.33. The van der Waals surface area contributed by atoms with Gasteiger partial charge in [0.2, 0.25) is 0 Å². The molecule has 4 atom stereocenters. The second-order valence-electron chi connectivity index (χ2n) is 4.11. The molecule has 50 valence electrons. The van der Waals surface area contributed by atoms with Crippen LogP contribution in [0, 0.1) is 11.8 Å². The summed E-state index contributed by atoms with van der Waals surface area (Å²) in [4.78, 5) is 2.67. The van der Waals surface area contributed by atoms with Crippen molar-refractivity contribution in [2.45, 2.75) is 25.3 Å². The molecule has 1 heteroatoms. The average Bonchev–Trinajstić information content (AvgIpc) is 2.35. The van der Waals surface area contributed by atoms with Gasteiger partial charge in [-0.3, -0.25) is 4.90 Å². The molecular weight excluding hydrogens is 110 g/mol. The van der Waals surface area contributed by atoms with Gasteiger partial charge >= 0.3 is 0 Å². The quantitative estimate of drug-likeness (QED) is 0.436. The number of hydrogen-bond donors (Lipinski definition) is 0. The van der Waals surface area contributed by atoms with E-state index in [4.69, 9.17) is 0 Å². The molecule has 1 saturated carbocycles. The van der Waals surface area contributed by atoms with Gasteiger partial charge in [-0.05, 0) is 24.7 Å². The van der Waals surface area contributed by atoms with Crippen molar-refractivity contribution in [2.75, 3.05) is 13.1 Å². The fourth-order valence-electron chi connectivity index (χ4n) is 3.06. The van der Waals surface area contributed by atoms with Gasteiger partial charge in [0, 0.05) is 18.6 Å². The van der Waals surface area contributed by atoms with Gasteiger partial charge in [-0.15, -0.1) is 0 Å². The summed E-state index contributed by atoms with van der Waals surface area (Å²) in [5.41, 5.74) is 0.805. The molecule has 3 fully saturated rings. The lowest BCUT2D eigenvalue weighted by atomic mass is 9.69. The van der Waals surface area contributed by atoms with Crippen LogP contribution in [0.15, 0.2) is 0 Å². The standard InChI is InChI=1S/C8H13N/c1-6-4-9-5-8(9)3-2-7(6)8/h6-7H,2-5H2,1H3/t6-,7?,8-,9?/m0/s1. The van der Waals surface area contributed by atoms with E-state index < -0.39 is 0 Å². The lowest BCUT2D eigenvalue weighted by molar-refractivity contribution is 0.193. The maximum absolute atomic E-state index is 2.67. The van der Waals surface area contributed by atoms with Crippen molar-refractivity contribution in [3.63, 3.8) is 0 Å². The second kappa shape index (κ2) is 1.07. The summed E-state index contributed by atoms with van der Waals surface area (Å²) < 4.78 is 0. The van der Waals surface area contributed by atoms with E-state index in [0.29, 0.717) is 0 Å². The van der Waals surface area contributed by atoms with Crippen molar-refractivity contribution in [1.82, 2.24) is 4.90 Å². The Morgan fingerprint density at radius 2 is 2.44 bits per heavy atom. The monoisotopic (exact) mass is 123 g/mol. The average molecular weight is 123 g/mol. The molecule has 0 aromatic carbocycles. The lowest BCUT2D eigenvalue weighted by Crippen LogP contribution is -2.36. The van der Waals surface area contributed by atoms with Crippen molar-refractivity contribution in [3.05, 3.63) is 0 Å². The molecule has 1 aliphatic carbocycles. The first-order valence-electron chi connectivity index (χ1n) is 4.08. The Hall–Kier alpha value is -0.0400. The Bertz CT molecular complexity index is 162. The molecule has 0 radical (unpaired) electrons. The molecule has 2 heterocycles. The molecule has 3 rings (SSSR count). The van der Waals surface area contributed by atoms with E-state index in [1.807, 2.05) is 0 Å². The molecule has 2 unspecified atom stereocenters. The summed E-state index contributed by atoms with van der Waals surface area (Å²) in [6.45, 7) is 5.27. The molecule has 1 spiro atoms. The highest BCUT2D eigenvalue weighted by Gasteiger charge is 2.68. The van der Waals surface area contributed by atoms with Gasteiger partial charge in [0.05, 0.1) is 0 Å². The molecule has 0 aromatic heterocycles. The zero-order chi connectivity index (χ0) is 6.06. The third-order valence-corrected chi connectivity index (χ3v) is 3.76. The Labute approximate surface area is 56.0 Å². The maximum atomic E-state index is 2.67. The third-order valence-electron chi connectivity index (χ3n) is 3.76. The van der Waals surface area contributed by atoms with Gasteiger partial charge in [-0.25, -0.2) is 0 Å². The molecule has 0 aromatic rings. The van der Waals surface area contributed by atoms with Crippen LogP contribution in [0.2, 0.25) is 0 Å². The van der Waals surface area contributed by atoms with Crippen LogP contribution in [-0.4, -0.2) is 23.5 Å². The number of hydrogen-bond acceptors (Lipinski definition) is 1. The Morgan fingerprint density at radius 3 is 2.78 bits per heavy atom. The van der Waals surface area contributed by atoms with Gasteiger partial charge < -0.3 is 0 Å². The first-order valence-corrected chi connectivity index (χ1v) is 4.08. The summed E-state index contributed by atoms with van der Waals surface area (Å²) in [6, 6.07) is 0. The van der Waals surface area contributed by atoms with E-state index in [1.165, 1.54) is 25.9 Å². The molecule has 0 N–H and O–H groups in total. The zero-order valence-electron chi connectivity index (χ0n) is 5.93. The smallest absolute Gasteiger partial charge is 0.0368 e. The maximum Gasteiger partial charge on any atom is 0.0368 e. The predicted molar refractivity (Wildman–Crippen MR) is 36.2 cm³/mol. The van der Waals surface area contributed by atoms with Crippen LogP contribution in [0.4, 0.5) is 0 Å². The minimum atomic E-state index is 0.805. The highest BCUT2D eigenvalue weighted by Crippen LogP contribution is 2.61. The molecule has 3 aliphatic rings. The molecule has 0 bridgehead atoms. The van der Waals surface area contributed by atoms with E-state index in [1.54, 1.807) is 0 Å². The van der Waals surface area contributed by atoms with E-state index in [9.17, 15) is 0 Å². The summed E-state index contributed by atoms with van der Waals surface area (Å²) in [5.74, 6) is 2.13. The largest absolute Gasteiger partial charge is 0.294 e. The van der Waals surface area contributed by atoms with Crippen LogP contribution in [0.5, 0.6) is 0 Å². The molecule has 2 saturated heterocycles. The molecule has 9 heavy (non-hydrogen) atoms. The predicted octanol–water partition coefficient (Wildman–Crippen LogP) is 1.10. The van der Waals surface area contributed by atoms with Crippen molar-refractivity contribution in [3.8, 4) is 0 Å². The van der Waals surface area contributed by atoms with Gasteiger partial charge in [-0.1, -0.05) is 6.92 Å². The topological polar surface area (TPSA) is 3.01 Å². The van der Waals surface area contributed by atoms with Gasteiger partial charge in [0.15, 0.2) is 0 Å². The Kier molecular flexibility index (Phi) is 0.563. The fourth-order valence-corrected chi connectivity index (χ4v) is 3.06. The number of rotatable bonds is 0. The summed E-state index contributed by atoms with van der Waals surface area (Å²) >= 11 is 0. The highest BCUT2D eigenvalue weighted by molar-refractivity contribution is 5.23. The lowest BCUT2D eigenvalue weighted by Gasteiger charge is -2.35. The molecule has 2 aliphatic heterocycles. The summed E-state index contributed by atoms with van der Waals surface area (Å²) in [7, 11) is 0. The van der Waals surface area contributed by atoms with Crippen molar-refractivity contribution in [2.24, 2.45) is 11.8 Å². The van der Waals surface area contributed by atoms with E-state index in [-0.39, 0.29) is 0 Å². The minimum absolute atomic E-state index is 0.805. The zero-order valence-corrected chi connectivity index (χ0v) is 5.93. The highest BCUT2D eigenvalue weighted by atomic mass is 15.4. The van der Waals surface area contributed by atoms with Crippen LogP contribution in [0.25, 0.3) is 0 Å². The van der Waals surface area contributed by atoms with Crippen molar-refractivity contribution in [1.29, 1.82) is 0 Å². The molecule has 0 amide bonds. The van der Waals surface area contributed by atoms with Crippen molar-refractivity contribution >= 4 is 0 Å². The molecule has 1 nitrogen and oxygen atoms in total. The second-order valence-corrected chi connectivity index (χ2v) is 4.11. The van der Waals surface area contributed by atoms with E-state index >= 15 is 0 Å². The van der Waals surface area contributed by atoms with Crippen LogP contribution in [0.3, 0.4) is 0 Å². The van der Waals surface area contributed by atoms with Crippen LogP contribution in [-0.2, 0) is 0 Å². The van der Waals surface area contributed by atoms with Crippen LogP contribution in [0.1, 0.15) is 19.8 Å². The van der Waals surface area contributed by atoms with E-state index in [2.05, 4.69) is 11.8 Å². The van der Waals surface area contributed by atoms with Crippen LogP contribution >= 0.6 is 0 Å². The Morgan fingerprint density at radius 1 is 1.56 bits per heavy atom. The van der Waals surface area contributed by atoms with Crippen molar-refractivity contribution < 1.29 is 0 Å². The van der Waals surface area contributed by atoms with Gasteiger partial charge in [0.25, 0.3) is 0 Å². The van der Waals surface area contributed by atoms with Gasteiger partial charge in [0.1, 0.15) is 0 Å². The summed E-state index contributed by atoms with van der Waals surface area (Å²) in [6.07, 6.45) is 3.04. The number of nitrogens with zero attached hydrogens (tertiary/aromatic N) is 1. The minimum Gasteiger partial charge on any atom is -0.294 e. The molecular formula is C8H13N. The van der Waals surface area contributed by atoms with E-state index in [0.717, 1.165) is 17.4 Å². The van der Waals surface area contributed by atoms with Crippen LogP contribution < -0.4 is 0 Å². The first kappa shape index (κ1) is 4.73. The third kappa shape index (κ3) is 0.337. The number of piperidine rings is 1. The van der Waals surface area contributed by atoms with Gasteiger partial charge in [-0.2, -0.15) is 0 Å². The summed E-state index contributed by atoms with van der Waals surface area (Å²) in [5, 5.41) is 0. The SMILES string of the molecule is C[C@H]1CN2C[C@]23CCC13. The Balaban J connectivity index is 1.97.